The maximum absolute atomic E-state index is 12.3. The van der Waals surface area contributed by atoms with E-state index in [1.165, 1.54) is 13.2 Å². The molecule has 3 N–H and O–H groups in total. The minimum atomic E-state index is -0.866. The van der Waals surface area contributed by atoms with E-state index < -0.39 is 17.9 Å². The van der Waals surface area contributed by atoms with E-state index in [-0.39, 0.29) is 11.3 Å². The van der Waals surface area contributed by atoms with Gasteiger partial charge in [0, 0.05) is 5.02 Å². The summed E-state index contributed by atoms with van der Waals surface area (Å²) in [6.07, 6.45) is -0.866. The minimum Gasteiger partial charge on any atom is -0.495 e. The lowest BCUT2D eigenvalue weighted by molar-refractivity contribution is -0.122. The molecule has 0 aliphatic rings. The van der Waals surface area contributed by atoms with Crippen molar-refractivity contribution in [3.05, 3.63) is 53.1 Å². The normalized spacial score (nSPS) is 11.5. The molecule has 0 radical (unpaired) electrons. The second kappa shape index (κ2) is 7.70. The van der Waals surface area contributed by atoms with Crippen molar-refractivity contribution in [2.24, 2.45) is 5.73 Å². The summed E-state index contributed by atoms with van der Waals surface area (Å²) in [7, 11) is 1.49. The van der Waals surface area contributed by atoms with Gasteiger partial charge in [0.25, 0.3) is 11.8 Å². The lowest BCUT2D eigenvalue weighted by Crippen LogP contribution is -2.31. The van der Waals surface area contributed by atoms with Gasteiger partial charge >= 0.3 is 0 Å². The number of benzene rings is 2. The third kappa shape index (κ3) is 4.17. The second-order valence-corrected chi connectivity index (χ2v) is 5.39. The SMILES string of the molecule is COc1ccc(Cl)cc1NC(=O)C(C)Oc1ccccc1C(N)=O. The number of anilines is 1. The first-order chi connectivity index (χ1) is 11.4. The van der Waals surface area contributed by atoms with E-state index >= 15 is 0 Å². The van der Waals surface area contributed by atoms with Crippen molar-refractivity contribution in [1.29, 1.82) is 0 Å². The highest BCUT2D eigenvalue weighted by atomic mass is 35.5. The summed E-state index contributed by atoms with van der Waals surface area (Å²) in [5.74, 6) is -0.340. The van der Waals surface area contributed by atoms with Crippen LogP contribution in [-0.4, -0.2) is 25.0 Å². The number of methoxy groups -OCH3 is 1. The zero-order chi connectivity index (χ0) is 17.7. The smallest absolute Gasteiger partial charge is 0.265 e. The Bertz CT molecular complexity index is 764. The number of ether oxygens (including phenoxy) is 2. The highest BCUT2D eigenvalue weighted by molar-refractivity contribution is 6.31. The van der Waals surface area contributed by atoms with Gasteiger partial charge in [-0.2, -0.15) is 0 Å². The Balaban J connectivity index is 2.14. The fourth-order valence-electron chi connectivity index (χ4n) is 2.03. The maximum Gasteiger partial charge on any atom is 0.265 e. The van der Waals surface area contributed by atoms with Crippen LogP contribution in [0.1, 0.15) is 17.3 Å². The first kappa shape index (κ1) is 17.6. The highest BCUT2D eigenvalue weighted by Gasteiger charge is 2.19. The molecular weight excluding hydrogens is 332 g/mol. The van der Waals surface area contributed by atoms with Crippen LogP contribution in [0, 0.1) is 0 Å². The van der Waals surface area contributed by atoms with Gasteiger partial charge in [0.15, 0.2) is 6.10 Å². The molecular formula is C17H17ClN2O4. The molecule has 1 unspecified atom stereocenters. The molecule has 2 rings (SSSR count). The van der Waals surface area contributed by atoms with E-state index in [9.17, 15) is 9.59 Å². The van der Waals surface area contributed by atoms with Gasteiger partial charge in [-0.3, -0.25) is 9.59 Å². The second-order valence-electron chi connectivity index (χ2n) is 4.95. The number of halogens is 1. The van der Waals surface area contributed by atoms with Crippen molar-refractivity contribution < 1.29 is 19.1 Å². The summed E-state index contributed by atoms with van der Waals surface area (Å²) in [6.45, 7) is 1.56. The molecule has 6 nitrogen and oxygen atoms in total. The van der Waals surface area contributed by atoms with E-state index in [4.69, 9.17) is 26.8 Å². The quantitative estimate of drug-likeness (QED) is 0.839. The van der Waals surface area contributed by atoms with Gasteiger partial charge in [-0.05, 0) is 37.3 Å². The van der Waals surface area contributed by atoms with Crippen molar-refractivity contribution in [1.82, 2.24) is 0 Å². The lowest BCUT2D eigenvalue weighted by atomic mass is 10.2. The van der Waals surface area contributed by atoms with E-state index in [2.05, 4.69) is 5.32 Å². The van der Waals surface area contributed by atoms with Crippen LogP contribution in [0.3, 0.4) is 0 Å². The molecule has 1 atom stereocenters. The van der Waals surface area contributed by atoms with E-state index in [0.29, 0.717) is 16.5 Å². The fraction of sp³-hybridized carbons (Fsp3) is 0.176. The number of nitrogens with two attached hydrogens (primary N) is 1. The van der Waals surface area contributed by atoms with Gasteiger partial charge in [-0.15, -0.1) is 0 Å². The predicted octanol–water partition coefficient (Wildman–Crippen LogP) is 2.85. The number of nitrogens with one attached hydrogen (secondary N) is 1. The van der Waals surface area contributed by atoms with Crippen LogP contribution >= 0.6 is 11.6 Å². The van der Waals surface area contributed by atoms with Crippen molar-refractivity contribution in [2.75, 3.05) is 12.4 Å². The number of para-hydroxylation sites is 1. The van der Waals surface area contributed by atoms with E-state index in [1.54, 1.807) is 43.3 Å². The average molecular weight is 349 g/mol. The molecule has 2 amide bonds. The van der Waals surface area contributed by atoms with Crippen molar-refractivity contribution in [3.63, 3.8) is 0 Å². The molecule has 0 aromatic heterocycles. The van der Waals surface area contributed by atoms with Crippen LogP contribution in [0.2, 0.25) is 5.02 Å². The summed E-state index contributed by atoms with van der Waals surface area (Å²) in [5, 5.41) is 3.14. The molecule has 0 saturated heterocycles. The molecule has 2 aromatic rings. The topological polar surface area (TPSA) is 90.7 Å². The molecule has 0 heterocycles. The number of hydrogen-bond acceptors (Lipinski definition) is 4. The predicted molar refractivity (Wildman–Crippen MR) is 91.7 cm³/mol. The van der Waals surface area contributed by atoms with Crippen LogP contribution in [0.15, 0.2) is 42.5 Å². The first-order valence-electron chi connectivity index (χ1n) is 7.12. The Labute approximate surface area is 144 Å². The van der Waals surface area contributed by atoms with Gasteiger partial charge in [0.2, 0.25) is 0 Å². The maximum atomic E-state index is 12.3. The Morgan fingerprint density at radius 2 is 1.88 bits per heavy atom. The largest absolute Gasteiger partial charge is 0.495 e. The molecule has 7 heteroatoms. The molecule has 0 aliphatic carbocycles. The Morgan fingerprint density at radius 1 is 1.17 bits per heavy atom. The van der Waals surface area contributed by atoms with Crippen molar-refractivity contribution in [3.8, 4) is 11.5 Å². The average Bonchev–Trinajstić information content (AvgIpc) is 2.55. The van der Waals surface area contributed by atoms with Gasteiger partial charge < -0.3 is 20.5 Å². The molecule has 24 heavy (non-hydrogen) atoms. The zero-order valence-electron chi connectivity index (χ0n) is 13.2. The van der Waals surface area contributed by atoms with Crippen LogP contribution in [-0.2, 0) is 4.79 Å². The van der Waals surface area contributed by atoms with E-state index in [0.717, 1.165) is 0 Å². The van der Waals surface area contributed by atoms with Gasteiger partial charge in [-0.1, -0.05) is 23.7 Å². The number of carbonyl (C=O) groups excluding carboxylic acids is 2. The van der Waals surface area contributed by atoms with E-state index in [1.807, 2.05) is 0 Å². The number of primary amides is 1. The van der Waals surface area contributed by atoms with Crippen LogP contribution in [0.4, 0.5) is 5.69 Å². The molecule has 0 spiro atoms. The summed E-state index contributed by atoms with van der Waals surface area (Å²) >= 11 is 5.93. The fourth-order valence-corrected chi connectivity index (χ4v) is 2.20. The molecule has 0 fully saturated rings. The third-order valence-electron chi connectivity index (χ3n) is 3.24. The summed E-state index contributed by atoms with van der Waals surface area (Å²) < 4.78 is 10.7. The van der Waals surface area contributed by atoms with Gasteiger partial charge in [-0.25, -0.2) is 0 Å². The molecule has 126 valence electrons. The Hall–Kier alpha value is -2.73. The van der Waals surface area contributed by atoms with Crippen molar-refractivity contribution in [2.45, 2.75) is 13.0 Å². The molecule has 0 aliphatic heterocycles. The molecule has 0 saturated carbocycles. The third-order valence-corrected chi connectivity index (χ3v) is 3.48. The number of rotatable bonds is 6. The lowest BCUT2D eigenvalue weighted by Gasteiger charge is -2.17. The van der Waals surface area contributed by atoms with Crippen molar-refractivity contribution >= 4 is 29.1 Å². The monoisotopic (exact) mass is 348 g/mol. The summed E-state index contributed by atoms with van der Waals surface area (Å²) in [6, 6.07) is 11.3. The minimum absolute atomic E-state index is 0.206. The summed E-state index contributed by atoms with van der Waals surface area (Å²) in [4.78, 5) is 23.7. The zero-order valence-corrected chi connectivity index (χ0v) is 14.0. The standard InChI is InChI=1S/C17H17ClN2O4/c1-10(24-14-6-4-3-5-12(14)16(19)21)17(22)20-13-9-11(18)7-8-15(13)23-2/h3-10H,1-2H3,(H2,19,21)(H,20,22). The first-order valence-corrected chi connectivity index (χ1v) is 7.50. The van der Waals surface area contributed by atoms with Crippen LogP contribution < -0.4 is 20.5 Å². The Kier molecular flexibility index (Phi) is 5.65. The molecule has 2 aromatic carbocycles. The molecule has 0 bridgehead atoms. The number of carbonyl (C=O) groups is 2. The van der Waals surface area contributed by atoms with Gasteiger partial charge in [0.1, 0.15) is 11.5 Å². The van der Waals surface area contributed by atoms with Crippen LogP contribution in [0.25, 0.3) is 0 Å². The van der Waals surface area contributed by atoms with Gasteiger partial charge in [0.05, 0.1) is 18.4 Å². The Morgan fingerprint density at radius 3 is 2.54 bits per heavy atom. The highest BCUT2D eigenvalue weighted by Crippen LogP contribution is 2.28. The number of hydrogen-bond donors (Lipinski definition) is 2. The summed E-state index contributed by atoms with van der Waals surface area (Å²) in [5.41, 5.74) is 5.92. The van der Waals surface area contributed by atoms with Crippen LogP contribution in [0.5, 0.6) is 11.5 Å². The number of amides is 2.